The Kier molecular flexibility index (Phi) is 6.44. The molecular weight excluding hydrogens is 432 g/mol. The zero-order chi connectivity index (χ0) is 22.6. The lowest BCUT2D eigenvalue weighted by atomic mass is 9.96. The van der Waals surface area contributed by atoms with E-state index in [0.29, 0.717) is 5.02 Å². The first-order valence-corrected chi connectivity index (χ1v) is 11.7. The summed E-state index contributed by atoms with van der Waals surface area (Å²) in [6, 6.07) is 23.8. The van der Waals surface area contributed by atoms with Gasteiger partial charge in [-0.05, 0) is 53.1 Å². The van der Waals surface area contributed by atoms with Gasteiger partial charge in [-0.1, -0.05) is 48.0 Å². The number of nitrogens with one attached hydrogen (secondary N) is 2. The number of pyridine rings is 1. The number of halogens is 1. The predicted octanol–water partition coefficient (Wildman–Crippen LogP) is 5.20. The third-order valence-electron chi connectivity index (χ3n) is 6.14. The van der Waals surface area contributed by atoms with Crippen molar-refractivity contribution >= 4 is 28.2 Å². The second-order valence-electron chi connectivity index (χ2n) is 8.46. The van der Waals surface area contributed by atoms with Crippen molar-refractivity contribution in [2.45, 2.75) is 12.6 Å². The van der Waals surface area contributed by atoms with Crippen LogP contribution in [0.25, 0.3) is 10.9 Å². The number of nitrogens with zero attached hydrogens (tertiary/aromatic N) is 2. The van der Waals surface area contributed by atoms with Crippen LogP contribution in [-0.4, -0.2) is 41.2 Å². The van der Waals surface area contributed by atoms with Gasteiger partial charge in [-0.15, -0.1) is 0 Å². The van der Waals surface area contributed by atoms with Crippen LogP contribution < -0.4 is 10.6 Å². The highest BCUT2D eigenvalue weighted by atomic mass is 35.5. The molecule has 4 aromatic rings. The molecule has 6 heteroatoms. The lowest BCUT2D eigenvalue weighted by molar-refractivity contribution is 0.233. The summed E-state index contributed by atoms with van der Waals surface area (Å²) in [5.74, 6) is 0.251. The third kappa shape index (κ3) is 5.11. The van der Waals surface area contributed by atoms with Gasteiger partial charge >= 0.3 is 0 Å². The summed E-state index contributed by atoms with van der Waals surface area (Å²) < 4.78 is 0. The van der Waals surface area contributed by atoms with Crippen LogP contribution in [0.2, 0.25) is 5.02 Å². The van der Waals surface area contributed by atoms with Crippen molar-refractivity contribution in [2.24, 2.45) is 0 Å². The maximum atomic E-state index is 10.1. The van der Waals surface area contributed by atoms with Crippen LogP contribution in [0.1, 0.15) is 22.7 Å². The second-order valence-corrected chi connectivity index (χ2v) is 8.90. The highest BCUT2D eigenvalue weighted by molar-refractivity contribution is 6.31. The van der Waals surface area contributed by atoms with Gasteiger partial charge in [0.25, 0.3) is 0 Å². The normalized spacial score (nSPS) is 15.4. The number of aromatic nitrogens is 1. The Labute approximate surface area is 199 Å². The molecule has 168 valence electrons. The van der Waals surface area contributed by atoms with Crippen LogP contribution in [0.3, 0.4) is 0 Å². The molecule has 2 heterocycles. The number of anilines is 1. The lowest BCUT2D eigenvalue weighted by Crippen LogP contribution is -2.42. The van der Waals surface area contributed by atoms with Crippen molar-refractivity contribution in [1.29, 1.82) is 0 Å². The molecule has 1 atom stereocenters. The number of hydrogen-bond donors (Lipinski definition) is 3. The molecule has 1 aromatic heterocycles. The summed E-state index contributed by atoms with van der Waals surface area (Å²) in [7, 11) is 0. The molecule has 0 amide bonds. The number of rotatable bonds is 6. The molecule has 3 aromatic carbocycles. The van der Waals surface area contributed by atoms with E-state index in [2.05, 4.69) is 44.8 Å². The predicted molar refractivity (Wildman–Crippen MR) is 135 cm³/mol. The largest absolute Gasteiger partial charge is 0.508 e. The molecule has 0 radical (unpaired) electrons. The minimum atomic E-state index is -0.133. The first-order valence-electron chi connectivity index (χ1n) is 11.3. The van der Waals surface area contributed by atoms with Crippen LogP contribution in [0.15, 0.2) is 79.0 Å². The van der Waals surface area contributed by atoms with Gasteiger partial charge in [0.1, 0.15) is 5.75 Å². The van der Waals surface area contributed by atoms with Crippen molar-refractivity contribution in [3.8, 4) is 5.75 Å². The van der Waals surface area contributed by atoms with Crippen molar-refractivity contribution < 1.29 is 5.11 Å². The number of fused-ring (bicyclic) bond motifs is 1. The minimum Gasteiger partial charge on any atom is -0.508 e. The SMILES string of the molecule is Oc1cccc(C(Nc2ccnc3cc(Cl)ccc23)c2ccc(CN3CCNCC3)cc2)c1. The molecule has 33 heavy (non-hydrogen) atoms. The Morgan fingerprint density at radius 3 is 2.58 bits per heavy atom. The highest BCUT2D eigenvalue weighted by Crippen LogP contribution is 2.32. The number of phenolic OH excluding ortho intramolecular Hbond substituents is 1. The van der Waals surface area contributed by atoms with Gasteiger partial charge in [-0.2, -0.15) is 0 Å². The number of benzene rings is 3. The molecule has 1 unspecified atom stereocenters. The maximum Gasteiger partial charge on any atom is 0.115 e. The van der Waals surface area contributed by atoms with Crippen molar-refractivity contribution in [3.63, 3.8) is 0 Å². The molecule has 1 aliphatic rings. The molecule has 1 fully saturated rings. The smallest absolute Gasteiger partial charge is 0.115 e. The van der Waals surface area contributed by atoms with Gasteiger partial charge < -0.3 is 15.7 Å². The molecule has 0 aliphatic carbocycles. The van der Waals surface area contributed by atoms with Crippen LogP contribution in [-0.2, 0) is 6.54 Å². The molecule has 1 saturated heterocycles. The molecule has 5 nitrogen and oxygen atoms in total. The van der Waals surface area contributed by atoms with E-state index in [0.717, 1.165) is 60.4 Å². The minimum absolute atomic E-state index is 0.133. The van der Waals surface area contributed by atoms with Crippen molar-refractivity contribution in [3.05, 3.63) is 101 Å². The van der Waals surface area contributed by atoms with E-state index < -0.39 is 0 Å². The van der Waals surface area contributed by atoms with E-state index in [-0.39, 0.29) is 11.8 Å². The Morgan fingerprint density at radius 1 is 0.970 bits per heavy atom. The van der Waals surface area contributed by atoms with Crippen LogP contribution in [0, 0.1) is 0 Å². The molecule has 0 bridgehead atoms. The summed E-state index contributed by atoms with van der Waals surface area (Å²) in [5.41, 5.74) is 5.23. The van der Waals surface area contributed by atoms with Crippen molar-refractivity contribution in [1.82, 2.24) is 15.2 Å². The number of hydrogen-bond acceptors (Lipinski definition) is 5. The standard InChI is InChI=1S/C27H27ClN4O/c28-22-8-9-24-25(10-11-30-26(24)17-22)31-27(21-2-1-3-23(33)16-21)20-6-4-19(5-7-20)18-32-14-12-29-13-15-32/h1-11,16-17,27,29,33H,12-15,18H2,(H,30,31). The van der Waals surface area contributed by atoms with E-state index in [1.807, 2.05) is 42.5 Å². The summed E-state index contributed by atoms with van der Waals surface area (Å²) in [6.45, 7) is 5.21. The van der Waals surface area contributed by atoms with Gasteiger partial charge in [-0.25, -0.2) is 0 Å². The van der Waals surface area contributed by atoms with Gasteiger partial charge in [0.15, 0.2) is 0 Å². The summed E-state index contributed by atoms with van der Waals surface area (Å²) in [5, 5.41) is 18.9. The highest BCUT2D eigenvalue weighted by Gasteiger charge is 2.17. The number of phenols is 1. The number of aromatic hydroxyl groups is 1. The average molecular weight is 459 g/mol. The fourth-order valence-corrected chi connectivity index (χ4v) is 4.58. The molecular formula is C27H27ClN4O. The van der Waals surface area contributed by atoms with E-state index in [1.54, 1.807) is 12.3 Å². The molecule has 1 aliphatic heterocycles. The van der Waals surface area contributed by atoms with E-state index in [1.165, 1.54) is 5.56 Å². The first-order chi connectivity index (χ1) is 16.2. The fraction of sp³-hybridized carbons (Fsp3) is 0.222. The molecule has 5 rings (SSSR count). The van der Waals surface area contributed by atoms with E-state index in [4.69, 9.17) is 11.6 Å². The van der Waals surface area contributed by atoms with Crippen LogP contribution >= 0.6 is 11.6 Å². The van der Waals surface area contributed by atoms with Crippen LogP contribution in [0.4, 0.5) is 5.69 Å². The third-order valence-corrected chi connectivity index (χ3v) is 6.37. The van der Waals surface area contributed by atoms with Crippen molar-refractivity contribution in [2.75, 3.05) is 31.5 Å². The summed E-state index contributed by atoms with van der Waals surface area (Å²) in [6.07, 6.45) is 1.79. The van der Waals surface area contributed by atoms with Gasteiger partial charge in [-0.3, -0.25) is 9.88 Å². The summed E-state index contributed by atoms with van der Waals surface area (Å²) >= 11 is 6.18. The lowest BCUT2D eigenvalue weighted by Gasteiger charge is -2.27. The van der Waals surface area contributed by atoms with E-state index >= 15 is 0 Å². The zero-order valence-electron chi connectivity index (χ0n) is 18.3. The summed E-state index contributed by atoms with van der Waals surface area (Å²) in [4.78, 5) is 6.94. The van der Waals surface area contributed by atoms with Crippen LogP contribution in [0.5, 0.6) is 5.75 Å². The first kappa shape index (κ1) is 21.7. The molecule has 0 saturated carbocycles. The Hall–Kier alpha value is -3.12. The van der Waals surface area contributed by atoms with Gasteiger partial charge in [0, 0.05) is 55.0 Å². The van der Waals surface area contributed by atoms with Gasteiger partial charge in [0.05, 0.1) is 11.6 Å². The van der Waals surface area contributed by atoms with Gasteiger partial charge in [0.2, 0.25) is 0 Å². The topological polar surface area (TPSA) is 60.4 Å². The molecule has 0 spiro atoms. The zero-order valence-corrected chi connectivity index (χ0v) is 19.1. The Bertz CT molecular complexity index is 1240. The fourth-order valence-electron chi connectivity index (χ4n) is 4.41. The Balaban J connectivity index is 1.47. The average Bonchev–Trinajstić information content (AvgIpc) is 2.83. The molecule has 3 N–H and O–H groups in total. The maximum absolute atomic E-state index is 10.1. The Morgan fingerprint density at radius 2 is 1.79 bits per heavy atom. The number of piperazine rings is 1. The van der Waals surface area contributed by atoms with E-state index in [9.17, 15) is 5.11 Å². The second kappa shape index (κ2) is 9.79. The monoisotopic (exact) mass is 458 g/mol. The quantitative estimate of drug-likeness (QED) is 0.370.